The van der Waals surface area contributed by atoms with Crippen molar-refractivity contribution in [2.75, 3.05) is 31.2 Å². The van der Waals surface area contributed by atoms with Crippen LogP contribution in [0, 0.1) is 3.57 Å². The Morgan fingerprint density at radius 3 is 2.55 bits per heavy atom. The number of benzene rings is 2. The summed E-state index contributed by atoms with van der Waals surface area (Å²) in [5, 5.41) is 12.9. The number of hydrogen-bond donors (Lipinski definition) is 2. The molecule has 1 amide bonds. The van der Waals surface area contributed by atoms with Gasteiger partial charge in [0, 0.05) is 24.3 Å². The molecule has 0 bridgehead atoms. The lowest BCUT2D eigenvalue weighted by molar-refractivity contribution is -0.139. The minimum absolute atomic E-state index is 0.301. The quantitative estimate of drug-likeness (QED) is 0.289. The number of carboxylic acids is 1. The zero-order chi connectivity index (χ0) is 22.2. The second-order valence-electron chi connectivity index (χ2n) is 6.89. The third-order valence-electron chi connectivity index (χ3n) is 4.65. The van der Waals surface area contributed by atoms with Crippen molar-refractivity contribution in [1.29, 1.82) is 0 Å². The highest BCUT2D eigenvalue weighted by atomic mass is 127. The normalized spacial score (nSPS) is 13.4. The number of carbonyl (C=O) groups is 2. The van der Waals surface area contributed by atoms with Gasteiger partial charge in [-0.25, -0.2) is 10.2 Å². The molecule has 31 heavy (non-hydrogen) atoms. The smallest absolute Gasteiger partial charge is 0.341 e. The average Bonchev–Trinajstić information content (AvgIpc) is 3.28. The van der Waals surface area contributed by atoms with Crippen LogP contribution in [0.15, 0.2) is 41.5 Å². The maximum Gasteiger partial charge on any atom is 0.341 e. The van der Waals surface area contributed by atoms with Crippen molar-refractivity contribution in [2.24, 2.45) is 5.10 Å². The zero-order valence-corrected chi connectivity index (χ0v) is 19.3. The van der Waals surface area contributed by atoms with Gasteiger partial charge in [0.2, 0.25) is 0 Å². The number of aliphatic carboxylic acids is 1. The SMILES string of the molecule is CCOc1cc(/C=N\NC(=O)c2ccc(N3CCCC3)cc2)cc(I)c1OCC(=O)O. The lowest BCUT2D eigenvalue weighted by Crippen LogP contribution is -2.19. The standard InChI is InChI=1S/C22H24IN3O5/c1-2-30-19-12-15(11-18(23)21(19)31-14-20(27)28)13-24-25-22(29)16-5-7-17(8-6-16)26-9-3-4-10-26/h5-8,11-13H,2-4,9-10,14H2,1H3,(H,25,29)(H,27,28)/b24-13-. The first-order valence-electron chi connectivity index (χ1n) is 9.97. The number of ether oxygens (including phenoxy) is 2. The number of hydrogen-bond acceptors (Lipinski definition) is 6. The maximum absolute atomic E-state index is 12.4. The maximum atomic E-state index is 12.4. The summed E-state index contributed by atoms with van der Waals surface area (Å²) in [4.78, 5) is 25.5. The van der Waals surface area contributed by atoms with Crippen molar-refractivity contribution in [3.8, 4) is 11.5 Å². The number of rotatable bonds is 9. The van der Waals surface area contributed by atoms with E-state index in [2.05, 4.69) is 15.4 Å². The number of anilines is 1. The molecule has 9 heteroatoms. The van der Waals surface area contributed by atoms with Gasteiger partial charge in [0.1, 0.15) is 0 Å². The van der Waals surface area contributed by atoms with Crippen LogP contribution >= 0.6 is 22.6 Å². The molecule has 3 rings (SSSR count). The van der Waals surface area contributed by atoms with Crippen LogP contribution < -0.4 is 19.8 Å². The second kappa shape index (κ2) is 11.0. The molecule has 2 aromatic rings. The Hall–Kier alpha value is -2.82. The summed E-state index contributed by atoms with van der Waals surface area (Å²) in [5.74, 6) is -0.588. The predicted octanol–water partition coefficient (Wildman–Crippen LogP) is 3.52. The van der Waals surface area contributed by atoms with Crippen LogP contribution in [-0.2, 0) is 4.79 Å². The summed E-state index contributed by atoms with van der Waals surface area (Å²) in [6.07, 6.45) is 3.91. The minimum atomic E-state index is -1.07. The highest BCUT2D eigenvalue weighted by molar-refractivity contribution is 14.1. The van der Waals surface area contributed by atoms with Crippen LogP contribution in [0.1, 0.15) is 35.7 Å². The van der Waals surface area contributed by atoms with Gasteiger partial charge in [-0.15, -0.1) is 0 Å². The van der Waals surface area contributed by atoms with Crippen LogP contribution in [0.25, 0.3) is 0 Å². The van der Waals surface area contributed by atoms with E-state index in [-0.39, 0.29) is 5.91 Å². The van der Waals surface area contributed by atoms with Gasteiger partial charge in [0.15, 0.2) is 18.1 Å². The van der Waals surface area contributed by atoms with Crippen LogP contribution in [0.5, 0.6) is 11.5 Å². The Labute approximate surface area is 194 Å². The second-order valence-corrected chi connectivity index (χ2v) is 8.05. The van der Waals surface area contributed by atoms with E-state index in [1.807, 2.05) is 41.6 Å². The molecule has 0 atom stereocenters. The third-order valence-corrected chi connectivity index (χ3v) is 5.45. The first-order chi connectivity index (χ1) is 15.0. The molecule has 0 aliphatic carbocycles. The topological polar surface area (TPSA) is 100 Å². The summed E-state index contributed by atoms with van der Waals surface area (Å²) in [6.45, 7) is 3.86. The molecule has 0 unspecified atom stereocenters. The molecule has 1 fully saturated rings. The lowest BCUT2D eigenvalue weighted by atomic mass is 10.2. The van der Waals surface area contributed by atoms with E-state index >= 15 is 0 Å². The van der Waals surface area contributed by atoms with Crippen LogP contribution in [0.2, 0.25) is 0 Å². The van der Waals surface area contributed by atoms with Crippen molar-refractivity contribution < 1.29 is 24.2 Å². The van der Waals surface area contributed by atoms with Crippen LogP contribution in [0.3, 0.4) is 0 Å². The summed E-state index contributed by atoms with van der Waals surface area (Å²) < 4.78 is 11.6. The van der Waals surface area contributed by atoms with E-state index in [4.69, 9.17) is 14.6 Å². The molecule has 1 aliphatic rings. The van der Waals surface area contributed by atoms with Crippen LogP contribution in [-0.4, -0.2) is 49.5 Å². The zero-order valence-electron chi connectivity index (χ0n) is 17.1. The molecule has 8 nitrogen and oxygen atoms in total. The number of carbonyl (C=O) groups excluding carboxylic acids is 1. The summed E-state index contributed by atoms with van der Waals surface area (Å²) in [6, 6.07) is 10.9. The molecule has 0 spiro atoms. The Balaban J connectivity index is 1.65. The highest BCUT2D eigenvalue weighted by Gasteiger charge is 2.14. The van der Waals surface area contributed by atoms with Gasteiger partial charge < -0.3 is 19.5 Å². The molecular formula is C22H24IN3O5. The molecule has 1 heterocycles. The van der Waals surface area contributed by atoms with Crippen molar-refractivity contribution in [3.63, 3.8) is 0 Å². The van der Waals surface area contributed by atoms with E-state index < -0.39 is 12.6 Å². The van der Waals surface area contributed by atoms with E-state index in [0.717, 1.165) is 18.8 Å². The first-order valence-corrected chi connectivity index (χ1v) is 11.0. The van der Waals surface area contributed by atoms with Crippen molar-refractivity contribution in [3.05, 3.63) is 51.1 Å². The summed E-state index contributed by atoms with van der Waals surface area (Å²) in [5.41, 5.74) is 4.86. The van der Waals surface area contributed by atoms with E-state index in [0.29, 0.717) is 32.8 Å². The van der Waals surface area contributed by atoms with Crippen molar-refractivity contribution >= 4 is 46.4 Å². The summed E-state index contributed by atoms with van der Waals surface area (Å²) in [7, 11) is 0. The Kier molecular flexibility index (Phi) is 8.10. The molecule has 1 aliphatic heterocycles. The molecule has 164 valence electrons. The average molecular weight is 537 g/mol. The largest absolute Gasteiger partial charge is 0.490 e. The predicted molar refractivity (Wildman–Crippen MR) is 126 cm³/mol. The fourth-order valence-corrected chi connectivity index (χ4v) is 4.01. The lowest BCUT2D eigenvalue weighted by Gasteiger charge is -2.17. The number of amides is 1. The molecule has 0 aromatic heterocycles. The van der Waals surface area contributed by atoms with Gasteiger partial charge in [-0.2, -0.15) is 5.10 Å². The minimum Gasteiger partial charge on any atom is -0.490 e. The Morgan fingerprint density at radius 2 is 1.90 bits per heavy atom. The number of halogens is 1. The molecule has 1 saturated heterocycles. The van der Waals surface area contributed by atoms with E-state index in [1.165, 1.54) is 19.1 Å². The van der Waals surface area contributed by atoms with Crippen molar-refractivity contribution in [2.45, 2.75) is 19.8 Å². The molecule has 2 N–H and O–H groups in total. The van der Waals surface area contributed by atoms with Gasteiger partial charge >= 0.3 is 5.97 Å². The van der Waals surface area contributed by atoms with Gasteiger partial charge in [-0.1, -0.05) is 0 Å². The van der Waals surface area contributed by atoms with Gasteiger partial charge in [-0.3, -0.25) is 4.79 Å². The van der Waals surface area contributed by atoms with E-state index in [1.54, 1.807) is 24.3 Å². The van der Waals surface area contributed by atoms with Gasteiger partial charge in [0.25, 0.3) is 5.91 Å². The van der Waals surface area contributed by atoms with Crippen molar-refractivity contribution in [1.82, 2.24) is 5.43 Å². The molecule has 0 saturated carbocycles. The fourth-order valence-electron chi connectivity index (χ4n) is 3.23. The van der Waals surface area contributed by atoms with Gasteiger partial charge in [0.05, 0.1) is 16.4 Å². The number of nitrogens with zero attached hydrogens (tertiary/aromatic N) is 2. The third kappa shape index (κ3) is 6.33. The Bertz CT molecular complexity index is 956. The summed E-state index contributed by atoms with van der Waals surface area (Å²) >= 11 is 2.04. The van der Waals surface area contributed by atoms with Crippen LogP contribution in [0.4, 0.5) is 5.69 Å². The molecule has 2 aromatic carbocycles. The number of carboxylic acid groups (broad SMARTS) is 1. The first kappa shape index (κ1) is 22.9. The fraction of sp³-hybridized carbons (Fsp3) is 0.318. The highest BCUT2D eigenvalue weighted by Crippen LogP contribution is 2.34. The Morgan fingerprint density at radius 1 is 1.19 bits per heavy atom. The number of nitrogens with one attached hydrogen (secondary N) is 1. The van der Waals surface area contributed by atoms with E-state index in [9.17, 15) is 9.59 Å². The number of hydrazone groups is 1. The molecule has 0 radical (unpaired) electrons. The monoisotopic (exact) mass is 537 g/mol. The van der Waals surface area contributed by atoms with Gasteiger partial charge in [-0.05, 0) is 84.3 Å². The molecular weight excluding hydrogens is 513 g/mol.